The van der Waals surface area contributed by atoms with Gasteiger partial charge in [0.15, 0.2) is 0 Å². The van der Waals surface area contributed by atoms with Crippen molar-refractivity contribution in [3.05, 3.63) is 62.3 Å². The molecule has 0 N–H and O–H groups in total. The molecule has 0 unspecified atom stereocenters. The first-order chi connectivity index (χ1) is 12.0. The molecule has 7 heteroatoms. The van der Waals surface area contributed by atoms with E-state index in [-0.39, 0.29) is 18.0 Å². The molecule has 3 aromatic rings. The van der Waals surface area contributed by atoms with Crippen molar-refractivity contribution in [3.8, 4) is 0 Å². The van der Waals surface area contributed by atoms with Gasteiger partial charge in [0.1, 0.15) is 28.0 Å². The van der Waals surface area contributed by atoms with Crippen molar-refractivity contribution in [2.45, 2.75) is 32.9 Å². The van der Waals surface area contributed by atoms with Crippen molar-refractivity contribution >= 4 is 27.5 Å². The molecule has 25 heavy (non-hydrogen) atoms. The van der Waals surface area contributed by atoms with Crippen LogP contribution < -0.4 is 5.56 Å². The fourth-order valence-corrected chi connectivity index (χ4v) is 4.20. The molecule has 4 rings (SSSR count). The quantitative estimate of drug-likeness (QED) is 0.675. The number of fused-ring (bicyclic) bond motifs is 2. The summed E-state index contributed by atoms with van der Waals surface area (Å²) in [4.78, 5) is 30.5. The third-order valence-electron chi connectivity index (χ3n) is 4.36. The van der Waals surface area contributed by atoms with Crippen LogP contribution in [-0.2, 0) is 24.3 Å². The molecule has 0 bridgehead atoms. The second kappa shape index (κ2) is 6.07. The number of hydrogen-bond acceptors (Lipinski definition) is 5. The Bertz CT molecular complexity index is 1050. The number of halogens is 1. The van der Waals surface area contributed by atoms with E-state index >= 15 is 0 Å². The van der Waals surface area contributed by atoms with Crippen molar-refractivity contribution in [3.63, 3.8) is 0 Å². The molecule has 0 fully saturated rings. The lowest BCUT2D eigenvalue weighted by molar-refractivity contribution is 0.0477. The zero-order valence-corrected chi connectivity index (χ0v) is 14.4. The molecule has 3 heterocycles. The number of hydrogen-bond donors (Lipinski definition) is 0. The van der Waals surface area contributed by atoms with Gasteiger partial charge >= 0.3 is 5.97 Å². The highest BCUT2D eigenvalue weighted by molar-refractivity contribution is 7.20. The van der Waals surface area contributed by atoms with Crippen molar-refractivity contribution < 1.29 is 13.9 Å². The second-order valence-electron chi connectivity index (χ2n) is 6.03. The summed E-state index contributed by atoms with van der Waals surface area (Å²) in [6.45, 7) is 2.39. The molecule has 0 radical (unpaired) electrons. The average Bonchev–Trinajstić information content (AvgIpc) is 3.18. The molecule has 1 aromatic carbocycles. The lowest BCUT2D eigenvalue weighted by Gasteiger charge is -2.04. The summed E-state index contributed by atoms with van der Waals surface area (Å²) in [6.07, 6.45) is 1.70. The molecule has 0 amide bonds. The van der Waals surface area contributed by atoms with Crippen LogP contribution in [0.2, 0.25) is 0 Å². The first-order valence-electron chi connectivity index (χ1n) is 7.99. The Labute approximate surface area is 146 Å². The van der Waals surface area contributed by atoms with Gasteiger partial charge in [-0.3, -0.25) is 9.36 Å². The first-order valence-corrected chi connectivity index (χ1v) is 8.80. The number of carbonyl (C=O) groups excluding carboxylic acids is 1. The Morgan fingerprint density at radius 2 is 2.28 bits per heavy atom. The van der Waals surface area contributed by atoms with Gasteiger partial charge in [-0.15, -0.1) is 11.3 Å². The molecule has 0 spiro atoms. The van der Waals surface area contributed by atoms with E-state index in [4.69, 9.17) is 4.74 Å². The van der Waals surface area contributed by atoms with Crippen LogP contribution in [0.1, 0.15) is 33.0 Å². The van der Waals surface area contributed by atoms with E-state index < -0.39 is 5.97 Å². The van der Waals surface area contributed by atoms with Gasteiger partial charge in [-0.2, -0.15) is 0 Å². The average molecular weight is 358 g/mol. The molecule has 0 saturated carbocycles. The van der Waals surface area contributed by atoms with E-state index in [1.54, 1.807) is 23.6 Å². The molecule has 0 saturated heterocycles. The van der Waals surface area contributed by atoms with Gasteiger partial charge in [-0.25, -0.2) is 14.2 Å². The van der Waals surface area contributed by atoms with Crippen LogP contribution in [0.15, 0.2) is 29.1 Å². The molecule has 0 atom stereocenters. The van der Waals surface area contributed by atoms with Crippen LogP contribution >= 0.6 is 11.3 Å². The Kier molecular flexibility index (Phi) is 3.88. The molecule has 1 aliphatic rings. The van der Waals surface area contributed by atoms with Gasteiger partial charge in [-0.1, -0.05) is 12.1 Å². The summed E-state index contributed by atoms with van der Waals surface area (Å²) in [5.74, 6) is -0.119. The summed E-state index contributed by atoms with van der Waals surface area (Å²) in [7, 11) is 0. The van der Waals surface area contributed by atoms with Gasteiger partial charge in [0, 0.05) is 13.0 Å². The van der Waals surface area contributed by atoms with Crippen molar-refractivity contribution in [1.82, 2.24) is 9.55 Å². The minimum atomic E-state index is -0.519. The summed E-state index contributed by atoms with van der Waals surface area (Å²) in [5, 5.41) is 0.494. The van der Waals surface area contributed by atoms with Gasteiger partial charge in [0.05, 0.1) is 5.39 Å². The van der Waals surface area contributed by atoms with Crippen molar-refractivity contribution in [2.24, 2.45) is 0 Å². The predicted octanol–water partition coefficient (Wildman–Crippen LogP) is 3.21. The Balaban J connectivity index is 1.65. The maximum absolute atomic E-state index is 13.2. The van der Waals surface area contributed by atoms with Crippen LogP contribution in [0.3, 0.4) is 0 Å². The number of rotatable bonds is 3. The summed E-state index contributed by atoms with van der Waals surface area (Å²) in [6, 6.07) is 5.91. The summed E-state index contributed by atoms with van der Waals surface area (Å²) < 4.78 is 20.2. The molecule has 0 aliphatic carbocycles. The van der Waals surface area contributed by atoms with E-state index in [1.165, 1.54) is 23.5 Å². The molecule has 128 valence electrons. The molecular formula is C18H15FN2O3S. The standard InChI is InChI=1S/C18H15FN2O3S/c1-10-14-16(20-13-6-3-7-21(13)17(14)22)25-15(10)18(23)24-9-11-4-2-5-12(19)8-11/h2,4-5,8H,3,6-7,9H2,1H3. The highest BCUT2D eigenvalue weighted by Gasteiger charge is 2.24. The largest absolute Gasteiger partial charge is 0.457 e. The maximum Gasteiger partial charge on any atom is 0.349 e. The van der Waals surface area contributed by atoms with Crippen LogP contribution in [0.25, 0.3) is 10.2 Å². The predicted molar refractivity (Wildman–Crippen MR) is 92.5 cm³/mol. The maximum atomic E-state index is 13.2. The Morgan fingerprint density at radius 3 is 3.08 bits per heavy atom. The lowest BCUT2D eigenvalue weighted by Crippen LogP contribution is -2.20. The number of aromatic nitrogens is 2. The number of esters is 1. The van der Waals surface area contributed by atoms with Crippen LogP contribution in [0.4, 0.5) is 4.39 Å². The van der Waals surface area contributed by atoms with E-state index in [2.05, 4.69) is 4.98 Å². The molecule has 2 aromatic heterocycles. The smallest absolute Gasteiger partial charge is 0.349 e. The molecular weight excluding hydrogens is 343 g/mol. The van der Waals surface area contributed by atoms with E-state index in [0.717, 1.165) is 18.7 Å². The Hall–Kier alpha value is -2.54. The van der Waals surface area contributed by atoms with Crippen LogP contribution in [0.5, 0.6) is 0 Å². The van der Waals surface area contributed by atoms with E-state index in [9.17, 15) is 14.0 Å². The van der Waals surface area contributed by atoms with Gasteiger partial charge < -0.3 is 4.74 Å². The van der Waals surface area contributed by atoms with Crippen molar-refractivity contribution in [1.29, 1.82) is 0 Å². The summed E-state index contributed by atoms with van der Waals surface area (Å²) in [5.41, 5.74) is 1.09. The third kappa shape index (κ3) is 2.74. The van der Waals surface area contributed by atoms with Gasteiger partial charge in [-0.05, 0) is 36.6 Å². The highest BCUT2D eigenvalue weighted by Crippen LogP contribution is 2.29. The molecule has 5 nitrogen and oxygen atoms in total. The number of ether oxygens (including phenoxy) is 1. The number of carbonyl (C=O) groups is 1. The number of thiophene rings is 1. The zero-order valence-electron chi connectivity index (χ0n) is 13.5. The normalized spacial score (nSPS) is 13.2. The monoisotopic (exact) mass is 358 g/mol. The Morgan fingerprint density at radius 1 is 1.44 bits per heavy atom. The van der Waals surface area contributed by atoms with E-state index in [0.29, 0.717) is 32.8 Å². The van der Waals surface area contributed by atoms with Crippen LogP contribution in [-0.4, -0.2) is 15.5 Å². The van der Waals surface area contributed by atoms with Crippen LogP contribution in [0, 0.1) is 12.7 Å². The minimum Gasteiger partial charge on any atom is -0.457 e. The summed E-state index contributed by atoms with van der Waals surface area (Å²) >= 11 is 1.18. The number of benzene rings is 1. The highest BCUT2D eigenvalue weighted by atomic mass is 32.1. The van der Waals surface area contributed by atoms with Gasteiger partial charge in [0.25, 0.3) is 5.56 Å². The minimum absolute atomic E-state index is 0.0206. The first kappa shape index (κ1) is 16.0. The van der Waals surface area contributed by atoms with Crippen molar-refractivity contribution in [2.75, 3.05) is 0 Å². The fourth-order valence-electron chi connectivity index (χ4n) is 3.11. The second-order valence-corrected chi connectivity index (χ2v) is 7.03. The topological polar surface area (TPSA) is 61.2 Å². The zero-order chi connectivity index (χ0) is 17.6. The van der Waals surface area contributed by atoms with Gasteiger partial charge in [0.2, 0.25) is 0 Å². The lowest BCUT2D eigenvalue weighted by atomic mass is 10.2. The SMILES string of the molecule is Cc1c(C(=O)OCc2cccc(F)c2)sc2nc3n(c(=O)c12)CCC3. The fraction of sp³-hybridized carbons (Fsp3) is 0.278. The molecule has 1 aliphatic heterocycles. The number of nitrogens with zero attached hydrogens (tertiary/aromatic N) is 2. The third-order valence-corrected chi connectivity index (χ3v) is 5.52. The van der Waals surface area contributed by atoms with E-state index in [1.807, 2.05) is 0 Å². The number of aryl methyl sites for hydroxylation is 2.